The van der Waals surface area contributed by atoms with Crippen molar-refractivity contribution in [2.24, 2.45) is 0 Å². The van der Waals surface area contributed by atoms with E-state index in [1.54, 1.807) is 7.11 Å². The van der Waals surface area contributed by atoms with E-state index < -0.39 is 5.41 Å². The van der Waals surface area contributed by atoms with Gasteiger partial charge in [0.1, 0.15) is 5.75 Å². The molecule has 0 bridgehead atoms. The van der Waals surface area contributed by atoms with Gasteiger partial charge in [0.05, 0.1) is 18.6 Å². The Balaban J connectivity index is 1.84. The molecular weight excluding hydrogens is 326 g/mol. The van der Waals surface area contributed by atoms with Gasteiger partial charge in [-0.15, -0.1) is 0 Å². The van der Waals surface area contributed by atoms with E-state index in [4.69, 9.17) is 9.47 Å². The van der Waals surface area contributed by atoms with Gasteiger partial charge in [-0.2, -0.15) is 0 Å². The molecule has 0 aromatic heterocycles. The molecule has 0 saturated carbocycles. The van der Waals surface area contributed by atoms with Crippen LogP contribution in [0.4, 0.5) is 0 Å². The molecule has 3 rings (SSSR count). The largest absolute Gasteiger partial charge is 0.497 e. The van der Waals surface area contributed by atoms with Crippen LogP contribution in [-0.4, -0.2) is 26.2 Å². The molecule has 1 N–H and O–H groups in total. The lowest BCUT2D eigenvalue weighted by molar-refractivity contribution is -0.131. The fraction of sp³-hybridized carbons (Fsp3) is 0.409. The molecule has 2 aromatic rings. The van der Waals surface area contributed by atoms with Crippen molar-refractivity contribution >= 4 is 5.91 Å². The van der Waals surface area contributed by atoms with Crippen molar-refractivity contribution in [3.63, 3.8) is 0 Å². The predicted molar refractivity (Wildman–Crippen MR) is 102 cm³/mol. The van der Waals surface area contributed by atoms with Crippen LogP contribution in [0.3, 0.4) is 0 Å². The van der Waals surface area contributed by atoms with Crippen LogP contribution in [-0.2, 0) is 14.9 Å². The third-order valence-electron chi connectivity index (χ3n) is 5.34. The van der Waals surface area contributed by atoms with E-state index >= 15 is 0 Å². The minimum atomic E-state index is -0.514. The Kier molecular flexibility index (Phi) is 5.94. The summed E-state index contributed by atoms with van der Waals surface area (Å²) in [5.41, 5.74) is 1.65. The van der Waals surface area contributed by atoms with Crippen molar-refractivity contribution in [2.45, 2.75) is 37.6 Å². The number of ether oxygens (including phenoxy) is 2. The smallest absolute Gasteiger partial charge is 0.231 e. The van der Waals surface area contributed by atoms with Gasteiger partial charge in [0.2, 0.25) is 5.91 Å². The number of carbonyl (C=O) groups is 1. The quantitative estimate of drug-likeness (QED) is 0.853. The zero-order valence-electron chi connectivity index (χ0n) is 15.5. The Morgan fingerprint density at radius 3 is 2.35 bits per heavy atom. The highest BCUT2D eigenvalue weighted by molar-refractivity contribution is 5.88. The molecule has 0 spiro atoms. The second-order valence-corrected chi connectivity index (χ2v) is 6.77. The Morgan fingerprint density at radius 1 is 1.12 bits per heavy atom. The number of carbonyl (C=O) groups excluding carboxylic acids is 1. The second-order valence-electron chi connectivity index (χ2n) is 6.77. The van der Waals surface area contributed by atoms with Gasteiger partial charge in [0.15, 0.2) is 0 Å². The highest BCUT2D eigenvalue weighted by atomic mass is 16.5. The number of benzene rings is 2. The number of hydrogen-bond donors (Lipinski definition) is 1. The van der Waals surface area contributed by atoms with Crippen molar-refractivity contribution in [3.8, 4) is 5.75 Å². The minimum Gasteiger partial charge on any atom is -0.497 e. The Labute approximate surface area is 155 Å². The normalized spacial score (nSPS) is 17.3. The molecule has 1 fully saturated rings. The van der Waals surface area contributed by atoms with Crippen molar-refractivity contribution in [3.05, 3.63) is 65.7 Å². The van der Waals surface area contributed by atoms with E-state index in [0.717, 1.165) is 23.3 Å². The lowest BCUT2D eigenvalue weighted by Gasteiger charge is -2.37. The molecule has 1 aliphatic heterocycles. The van der Waals surface area contributed by atoms with Crippen molar-refractivity contribution < 1.29 is 14.3 Å². The van der Waals surface area contributed by atoms with E-state index in [1.165, 1.54) is 0 Å². The maximum absolute atomic E-state index is 13.4. The summed E-state index contributed by atoms with van der Waals surface area (Å²) in [5.74, 6) is 0.912. The van der Waals surface area contributed by atoms with Crippen molar-refractivity contribution in [1.82, 2.24) is 5.32 Å². The van der Waals surface area contributed by atoms with E-state index in [9.17, 15) is 4.79 Å². The van der Waals surface area contributed by atoms with Gasteiger partial charge in [-0.25, -0.2) is 0 Å². The van der Waals surface area contributed by atoms with Crippen LogP contribution in [0.15, 0.2) is 54.6 Å². The molecule has 0 aliphatic carbocycles. The van der Waals surface area contributed by atoms with Gasteiger partial charge in [-0.3, -0.25) is 4.79 Å². The highest BCUT2D eigenvalue weighted by Crippen LogP contribution is 2.36. The number of hydrogen-bond acceptors (Lipinski definition) is 3. The van der Waals surface area contributed by atoms with E-state index in [-0.39, 0.29) is 11.9 Å². The number of rotatable bonds is 6. The summed E-state index contributed by atoms with van der Waals surface area (Å²) < 4.78 is 10.8. The van der Waals surface area contributed by atoms with Gasteiger partial charge >= 0.3 is 0 Å². The lowest BCUT2D eigenvalue weighted by atomic mass is 9.73. The number of methoxy groups -OCH3 is 1. The zero-order chi connectivity index (χ0) is 18.4. The summed E-state index contributed by atoms with van der Waals surface area (Å²) >= 11 is 0. The predicted octanol–water partition coefficient (Wildman–Crippen LogP) is 4.01. The van der Waals surface area contributed by atoms with Crippen molar-refractivity contribution in [2.75, 3.05) is 20.3 Å². The van der Waals surface area contributed by atoms with E-state index in [2.05, 4.69) is 24.4 Å². The molecule has 0 unspecified atom stereocenters. The topological polar surface area (TPSA) is 47.6 Å². The first-order chi connectivity index (χ1) is 12.7. The molecule has 4 heteroatoms. The first kappa shape index (κ1) is 18.5. The number of nitrogens with one attached hydrogen (secondary N) is 1. The minimum absolute atomic E-state index is 0.0168. The first-order valence-electron chi connectivity index (χ1n) is 9.28. The average Bonchev–Trinajstić information content (AvgIpc) is 2.73. The van der Waals surface area contributed by atoms with Crippen LogP contribution >= 0.6 is 0 Å². The summed E-state index contributed by atoms with van der Waals surface area (Å²) in [6.45, 7) is 3.32. The standard InChI is InChI=1S/C22H27NO3/c1-3-20(17-9-11-19(25-2)12-10-17)23-21(24)22(13-15-26-16-14-22)18-7-5-4-6-8-18/h4-12,20H,3,13-16H2,1-2H3,(H,23,24)/t20-/m0/s1. The van der Waals surface area contributed by atoms with Crippen LogP contribution in [0, 0.1) is 0 Å². The van der Waals surface area contributed by atoms with Gasteiger partial charge in [0.25, 0.3) is 0 Å². The molecule has 138 valence electrons. The molecule has 1 aliphatic rings. The average molecular weight is 353 g/mol. The molecule has 0 radical (unpaired) electrons. The maximum atomic E-state index is 13.4. The van der Waals surface area contributed by atoms with Gasteiger partial charge in [0, 0.05) is 13.2 Å². The third-order valence-corrected chi connectivity index (χ3v) is 5.34. The molecule has 4 nitrogen and oxygen atoms in total. The van der Waals surface area contributed by atoms with Crippen LogP contribution in [0.2, 0.25) is 0 Å². The Morgan fingerprint density at radius 2 is 1.77 bits per heavy atom. The molecule has 1 amide bonds. The van der Waals surface area contributed by atoms with Gasteiger partial charge in [-0.1, -0.05) is 49.4 Å². The SMILES string of the molecule is CC[C@H](NC(=O)C1(c2ccccc2)CCOCC1)c1ccc(OC)cc1. The fourth-order valence-corrected chi connectivity index (χ4v) is 3.68. The van der Waals surface area contributed by atoms with Crippen LogP contribution in [0.5, 0.6) is 5.75 Å². The van der Waals surface area contributed by atoms with Gasteiger partial charge in [-0.05, 0) is 42.5 Å². The first-order valence-corrected chi connectivity index (χ1v) is 9.28. The summed E-state index contributed by atoms with van der Waals surface area (Å²) in [7, 11) is 1.66. The highest BCUT2D eigenvalue weighted by Gasteiger charge is 2.42. The van der Waals surface area contributed by atoms with Crippen LogP contribution in [0.25, 0.3) is 0 Å². The molecular formula is C22H27NO3. The van der Waals surface area contributed by atoms with Crippen molar-refractivity contribution in [1.29, 1.82) is 0 Å². The monoisotopic (exact) mass is 353 g/mol. The number of amides is 1. The second kappa shape index (κ2) is 8.37. The summed E-state index contributed by atoms with van der Waals surface area (Å²) in [5, 5.41) is 3.29. The zero-order valence-corrected chi connectivity index (χ0v) is 15.5. The summed E-state index contributed by atoms with van der Waals surface area (Å²) in [6.07, 6.45) is 2.25. The summed E-state index contributed by atoms with van der Waals surface area (Å²) in [4.78, 5) is 13.4. The lowest BCUT2D eigenvalue weighted by Crippen LogP contribution is -2.48. The van der Waals surface area contributed by atoms with E-state index in [1.807, 2.05) is 42.5 Å². The Bertz CT molecular complexity index is 706. The van der Waals surface area contributed by atoms with Crippen LogP contribution in [0.1, 0.15) is 43.4 Å². The molecule has 1 heterocycles. The molecule has 2 aromatic carbocycles. The molecule has 1 atom stereocenters. The third kappa shape index (κ3) is 3.75. The summed E-state index contributed by atoms with van der Waals surface area (Å²) in [6, 6.07) is 18.0. The Hall–Kier alpha value is -2.33. The van der Waals surface area contributed by atoms with Gasteiger partial charge < -0.3 is 14.8 Å². The maximum Gasteiger partial charge on any atom is 0.231 e. The van der Waals surface area contributed by atoms with Crippen LogP contribution < -0.4 is 10.1 Å². The molecule has 1 saturated heterocycles. The fourth-order valence-electron chi connectivity index (χ4n) is 3.68. The molecule has 26 heavy (non-hydrogen) atoms. The van der Waals surface area contributed by atoms with E-state index in [0.29, 0.717) is 26.1 Å².